The third kappa shape index (κ3) is 3.81. The first-order chi connectivity index (χ1) is 16.2. The monoisotopic (exact) mass is 459 g/mol. The van der Waals surface area contributed by atoms with E-state index in [1.807, 2.05) is 37.3 Å². The number of nitrogens with one attached hydrogen (secondary N) is 1. The molecule has 34 heavy (non-hydrogen) atoms. The van der Waals surface area contributed by atoms with Gasteiger partial charge in [-0.05, 0) is 44.5 Å². The number of hydrogen-bond donors (Lipinski definition) is 2. The second kappa shape index (κ2) is 8.86. The Morgan fingerprint density at radius 1 is 0.971 bits per heavy atom. The Morgan fingerprint density at radius 3 is 2.24 bits per heavy atom. The van der Waals surface area contributed by atoms with Crippen molar-refractivity contribution >= 4 is 11.4 Å². The molecule has 2 N–H and O–H groups in total. The highest BCUT2D eigenvalue weighted by atomic mass is 16.3. The van der Waals surface area contributed by atoms with E-state index in [1.54, 1.807) is 49.8 Å². The molecule has 0 aliphatic rings. The lowest BCUT2D eigenvalue weighted by Crippen LogP contribution is -2.33. The van der Waals surface area contributed by atoms with Crippen molar-refractivity contribution in [2.24, 2.45) is 12.0 Å². The largest absolute Gasteiger partial charge is 0.493 e. The molecular weight excluding hydrogens is 434 g/mol. The summed E-state index contributed by atoms with van der Waals surface area (Å²) in [6, 6.07) is 16.1. The van der Waals surface area contributed by atoms with Crippen molar-refractivity contribution in [1.29, 1.82) is 0 Å². The summed E-state index contributed by atoms with van der Waals surface area (Å²) in [6.07, 6.45) is 0.238. The lowest BCUT2D eigenvalue weighted by molar-refractivity contribution is 0.429. The molecule has 9 heteroatoms. The molecule has 0 aliphatic carbocycles. The van der Waals surface area contributed by atoms with E-state index in [2.05, 4.69) is 9.98 Å². The highest BCUT2D eigenvalue weighted by Crippen LogP contribution is 2.22. The summed E-state index contributed by atoms with van der Waals surface area (Å²) in [6.45, 7) is 5.41. The topological polar surface area (TPSA) is 114 Å². The fourth-order valence-electron chi connectivity index (χ4n) is 3.85. The third-order valence-electron chi connectivity index (χ3n) is 5.77. The van der Waals surface area contributed by atoms with Gasteiger partial charge in [0, 0.05) is 7.05 Å². The predicted octanol–water partition coefficient (Wildman–Crippen LogP) is 2.87. The van der Waals surface area contributed by atoms with E-state index in [9.17, 15) is 19.5 Å². The van der Waals surface area contributed by atoms with Crippen LogP contribution in [0, 0.1) is 13.8 Å². The van der Waals surface area contributed by atoms with Crippen LogP contribution in [0.1, 0.15) is 30.2 Å². The van der Waals surface area contributed by atoms with Gasteiger partial charge in [-0.1, -0.05) is 42.8 Å². The Hall–Kier alpha value is -4.40. The van der Waals surface area contributed by atoms with Gasteiger partial charge in [0.25, 0.3) is 11.1 Å². The lowest BCUT2D eigenvalue weighted by Gasteiger charge is -2.12. The Balaban J connectivity index is 1.94. The zero-order valence-corrected chi connectivity index (χ0v) is 19.4. The van der Waals surface area contributed by atoms with Crippen molar-refractivity contribution in [3.05, 3.63) is 103 Å². The third-order valence-corrected chi connectivity index (χ3v) is 5.77. The number of H-pyrrole nitrogens is 1. The maximum absolute atomic E-state index is 13.3. The molecule has 0 aliphatic heterocycles. The summed E-state index contributed by atoms with van der Waals surface area (Å²) in [7, 11) is 1.75. The van der Waals surface area contributed by atoms with Gasteiger partial charge in [-0.25, -0.2) is 19.0 Å². The van der Waals surface area contributed by atoms with E-state index in [1.165, 1.54) is 4.68 Å². The van der Waals surface area contributed by atoms with Crippen LogP contribution < -0.4 is 16.8 Å². The molecule has 4 rings (SSSR count). The number of hydrogen-bond acceptors (Lipinski definition) is 5. The molecule has 4 aromatic rings. The van der Waals surface area contributed by atoms with Gasteiger partial charge in [0.15, 0.2) is 5.69 Å². The van der Waals surface area contributed by atoms with Gasteiger partial charge in [-0.15, -0.1) is 0 Å². The van der Waals surface area contributed by atoms with Gasteiger partial charge in [0.2, 0.25) is 5.88 Å². The Bertz CT molecular complexity index is 1570. The smallest absolute Gasteiger partial charge is 0.335 e. The minimum Gasteiger partial charge on any atom is -0.493 e. The van der Waals surface area contributed by atoms with E-state index in [4.69, 9.17) is 0 Å². The van der Waals surface area contributed by atoms with Crippen LogP contribution in [0.4, 0.5) is 5.69 Å². The average molecular weight is 460 g/mol. The molecule has 2 heterocycles. The van der Waals surface area contributed by atoms with Crippen molar-refractivity contribution in [3.8, 4) is 17.3 Å². The number of aryl methyl sites for hydroxylation is 1. The quantitative estimate of drug-likeness (QED) is 0.447. The Morgan fingerprint density at radius 2 is 1.62 bits per heavy atom. The van der Waals surface area contributed by atoms with E-state index >= 15 is 0 Å². The molecule has 0 unspecified atom stereocenters. The normalized spacial score (nSPS) is 11.7. The zero-order chi connectivity index (χ0) is 24.6. The predicted molar refractivity (Wildman–Crippen MR) is 131 cm³/mol. The van der Waals surface area contributed by atoms with Crippen LogP contribution in [0.5, 0.6) is 5.88 Å². The summed E-state index contributed by atoms with van der Waals surface area (Å²) in [5.41, 5.74) is 0.900. The fraction of sp³-hybridized carbons (Fsp3) is 0.200. The molecule has 0 saturated carbocycles. The van der Waals surface area contributed by atoms with Gasteiger partial charge < -0.3 is 5.11 Å². The van der Waals surface area contributed by atoms with Crippen LogP contribution in [0.2, 0.25) is 0 Å². The minimum atomic E-state index is -0.775. The number of aliphatic imine (C=N–C) groups is 1. The van der Waals surface area contributed by atoms with Gasteiger partial charge in [-0.2, -0.15) is 0 Å². The highest BCUT2D eigenvalue weighted by Gasteiger charge is 2.22. The summed E-state index contributed by atoms with van der Waals surface area (Å²) < 4.78 is 4.18. The Kier molecular flexibility index (Phi) is 5.93. The first-order valence-electron chi connectivity index (χ1n) is 10.8. The number of aromatic hydroxyl groups is 1. The maximum atomic E-state index is 13.3. The zero-order valence-electron chi connectivity index (χ0n) is 19.4. The molecule has 0 fully saturated rings. The van der Waals surface area contributed by atoms with Crippen molar-refractivity contribution < 1.29 is 5.11 Å². The highest BCUT2D eigenvalue weighted by molar-refractivity contribution is 6.03. The lowest BCUT2D eigenvalue weighted by atomic mass is 10.1. The summed E-state index contributed by atoms with van der Waals surface area (Å²) in [4.78, 5) is 45.3. The number of aromatic amines is 1. The van der Waals surface area contributed by atoms with Crippen LogP contribution in [-0.2, 0) is 7.05 Å². The Labute approximate surface area is 194 Å². The van der Waals surface area contributed by atoms with Gasteiger partial charge in [0.1, 0.15) is 5.56 Å². The molecule has 2 aromatic carbocycles. The molecule has 0 radical (unpaired) electrons. The van der Waals surface area contributed by atoms with E-state index in [0.29, 0.717) is 17.1 Å². The van der Waals surface area contributed by atoms with E-state index < -0.39 is 17.1 Å². The van der Waals surface area contributed by atoms with Crippen LogP contribution in [0.25, 0.3) is 11.4 Å². The van der Waals surface area contributed by atoms with Crippen LogP contribution in [0.3, 0.4) is 0 Å². The van der Waals surface area contributed by atoms with Crippen LogP contribution >= 0.6 is 0 Å². The summed E-state index contributed by atoms with van der Waals surface area (Å²) in [5, 5.41) is 11.0. The maximum Gasteiger partial charge on any atom is 0.335 e. The number of aromatic nitrogens is 4. The van der Waals surface area contributed by atoms with E-state index in [-0.39, 0.29) is 28.9 Å². The van der Waals surface area contributed by atoms with Crippen molar-refractivity contribution in [2.75, 3.05) is 0 Å². The molecule has 9 nitrogen and oxygen atoms in total. The summed E-state index contributed by atoms with van der Waals surface area (Å²) in [5.74, 6) is -0.532. The first-order valence-corrected chi connectivity index (χ1v) is 10.8. The fourth-order valence-corrected chi connectivity index (χ4v) is 3.85. The van der Waals surface area contributed by atoms with Crippen LogP contribution in [0.15, 0.2) is 74.0 Å². The molecule has 0 saturated heterocycles. The average Bonchev–Trinajstić information content (AvgIpc) is 3.02. The second-order valence-electron chi connectivity index (χ2n) is 7.95. The first kappa shape index (κ1) is 22.8. The number of benzene rings is 2. The van der Waals surface area contributed by atoms with Crippen molar-refractivity contribution in [2.45, 2.75) is 27.2 Å². The second-order valence-corrected chi connectivity index (χ2v) is 7.95. The van der Waals surface area contributed by atoms with Gasteiger partial charge in [-0.3, -0.25) is 19.3 Å². The van der Waals surface area contributed by atoms with Gasteiger partial charge >= 0.3 is 5.69 Å². The summed E-state index contributed by atoms with van der Waals surface area (Å²) >= 11 is 0. The van der Waals surface area contributed by atoms with Crippen molar-refractivity contribution in [3.63, 3.8) is 0 Å². The molecular formula is C25H25N5O4. The van der Waals surface area contributed by atoms with Crippen molar-refractivity contribution in [1.82, 2.24) is 18.9 Å². The number of rotatable bonds is 5. The molecule has 0 atom stereocenters. The molecule has 174 valence electrons. The standard InChI is InChI=1S/C25H25N5O4/c1-5-19(26-21-16(3)28(4)30(24(21)33)18-9-7-6-8-10-18)20-22(31)27-25(34)29(23(20)32)17-13-11-15(2)12-14-17/h6-14,32H,5H2,1-4H3,(H,27,31,34). The van der Waals surface area contributed by atoms with E-state index in [0.717, 1.165) is 10.1 Å². The van der Waals surface area contributed by atoms with Gasteiger partial charge in [0.05, 0.1) is 22.8 Å². The van der Waals surface area contributed by atoms with Crippen LogP contribution in [-0.4, -0.2) is 29.7 Å². The number of nitrogens with zero attached hydrogens (tertiary/aromatic N) is 4. The SMILES string of the molecule is CCC(=Nc1c(C)n(C)n(-c2ccccc2)c1=O)c1c(O)n(-c2ccc(C)cc2)c(=O)[nH]c1=O. The molecule has 0 amide bonds. The number of para-hydroxylation sites is 1. The molecule has 0 spiro atoms. The molecule has 2 aromatic heterocycles. The minimum absolute atomic E-state index is 0.148. The molecule has 0 bridgehead atoms.